The van der Waals surface area contributed by atoms with E-state index in [4.69, 9.17) is 15.0 Å². The smallest absolute Gasteiger partial charge is 0.174 e. The fourth-order valence-corrected chi connectivity index (χ4v) is 7.21. The first-order valence-corrected chi connectivity index (χ1v) is 15.4. The average molecular weight is 581 g/mol. The van der Waals surface area contributed by atoms with Crippen LogP contribution in [0.2, 0.25) is 0 Å². The van der Waals surface area contributed by atoms with Gasteiger partial charge in [0.1, 0.15) is 0 Å². The molecule has 206 valence electrons. The van der Waals surface area contributed by atoms with Crippen LogP contribution in [-0.2, 0) is 0 Å². The average Bonchev–Trinajstić information content (AvgIpc) is 3.68. The lowest BCUT2D eigenvalue weighted by Gasteiger charge is -2.11. The lowest BCUT2D eigenvalue weighted by Crippen LogP contribution is -2.00. The molecule has 0 fully saturated rings. The largest absolute Gasteiger partial charge is 0.309 e. The molecule has 0 radical (unpaired) electrons. The maximum atomic E-state index is 5.07. The van der Waals surface area contributed by atoms with Crippen LogP contribution in [-0.4, -0.2) is 19.5 Å². The van der Waals surface area contributed by atoms with Crippen LogP contribution in [0.3, 0.4) is 0 Å². The summed E-state index contributed by atoms with van der Waals surface area (Å²) in [6.45, 7) is 0. The van der Waals surface area contributed by atoms with Gasteiger partial charge in [-0.2, -0.15) is 0 Å². The second kappa shape index (κ2) is 9.97. The monoisotopic (exact) mass is 580 g/mol. The second-order valence-corrected chi connectivity index (χ2v) is 12.0. The number of nitrogens with zero attached hydrogens (tertiary/aromatic N) is 4. The molecule has 0 saturated heterocycles. The zero-order valence-corrected chi connectivity index (χ0v) is 24.4. The Hall–Kier alpha value is -5.65. The third kappa shape index (κ3) is 4.02. The predicted octanol–water partition coefficient (Wildman–Crippen LogP) is 10.3. The number of aromatic nitrogens is 4. The van der Waals surface area contributed by atoms with Gasteiger partial charge >= 0.3 is 0 Å². The second-order valence-electron chi connectivity index (χ2n) is 10.9. The zero-order valence-electron chi connectivity index (χ0n) is 23.6. The molecular weight excluding hydrogens is 557 g/mol. The molecule has 0 bridgehead atoms. The first-order chi connectivity index (χ1) is 21.8. The summed E-state index contributed by atoms with van der Waals surface area (Å²) in [5, 5.41) is 5.97. The van der Waals surface area contributed by atoms with Crippen molar-refractivity contribution in [2.75, 3.05) is 0 Å². The molecule has 6 aromatic carbocycles. The highest BCUT2D eigenvalue weighted by Crippen LogP contribution is 2.36. The summed E-state index contributed by atoms with van der Waals surface area (Å²) < 4.78 is 3.54. The lowest BCUT2D eigenvalue weighted by atomic mass is 10.0. The third-order valence-corrected chi connectivity index (χ3v) is 9.39. The van der Waals surface area contributed by atoms with Gasteiger partial charge in [-0.25, -0.2) is 15.0 Å². The SMILES string of the molecule is c1ccc2sc(-c3nc(-c4ccc(-n5c6ccccc6c6ccccc65)cc4)nc(-c4cccc5ccccc45)n3)cc2c1. The molecular formula is C39H24N4S. The minimum absolute atomic E-state index is 0.657. The summed E-state index contributed by atoms with van der Waals surface area (Å²) in [7, 11) is 0. The molecule has 0 aliphatic rings. The number of hydrogen-bond acceptors (Lipinski definition) is 4. The molecule has 9 aromatic rings. The van der Waals surface area contributed by atoms with E-state index in [0.717, 1.165) is 32.5 Å². The van der Waals surface area contributed by atoms with Crippen molar-refractivity contribution in [1.29, 1.82) is 0 Å². The van der Waals surface area contributed by atoms with Gasteiger partial charge in [0.25, 0.3) is 0 Å². The molecule has 0 N–H and O–H groups in total. The maximum Gasteiger partial charge on any atom is 0.174 e. The van der Waals surface area contributed by atoms with E-state index < -0.39 is 0 Å². The van der Waals surface area contributed by atoms with Gasteiger partial charge in [-0.1, -0.05) is 97.1 Å². The molecule has 4 nitrogen and oxygen atoms in total. The molecule has 0 atom stereocenters. The lowest BCUT2D eigenvalue weighted by molar-refractivity contribution is 1.08. The minimum Gasteiger partial charge on any atom is -0.309 e. The van der Waals surface area contributed by atoms with Crippen LogP contribution in [0.15, 0.2) is 146 Å². The normalized spacial score (nSPS) is 11.6. The number of fused-ring (bicyclic) bond motifs is 5. The Labute approximate surface area is 257 Å². The fraction of sp³-hybridized carbons (Fsp3) is 0. The van der Waals surface area contributed by atoms with Gasteiger partial charge in [0, 0.05) is 32.3 Å². The predicted molar refractivity (Wildman–Crippen MR) is 183 cm³/mol. The van der Waals surface area contributed by atoms with E-state index in [0.29, 0.717) is 17.5 Å². The molecule has 9 rings (SSSR count). The Morgan fingerprint density at radius 2 is 1.05 bits per heavy atom. The summed E-state index contributed by atoms with van der Waals surface area (Å²) in [5.41, 5.74) is 5.41. The summed E-state index contributed by atoms with van der Waals surface area (Å²) in [6.07, 6.45) is 0. The number of benzene rings is 6. The summed E-state index contributed by atoms with van der Waals surface area (Å²) >= 11 is 1.71. The quantitative estimate of drug-likeness (QED) is 0.208. The fourth-order valence-electron chi connectivity index (χ4n) is 6.21. The minimum atomic E-state index is 0.657. The van der Waals surface area contributed by atoms with Crippen molar-refractivity contribution in [3.8, 4) is 39.2 Å². The van der Waals surface area contributed by atoms with Crippen molar-refractivity contribution < 1.29 is 0 Å². The highest BCUT2D eigenvalue weighted by molar-refractivity contribution is 7.22. The van der Waals surface area contributed by atoms with Crippen LogP contribution in [0.4, 0.5) is 0 Å². The summed E-state index contributed by atoms with van der Waals surface area (Å²) in [4.78, 5) is 16.2. The van der Waals surface area contributed by atoms with Gasteiger partial charge in [0.05, 0.1) is 15.9 Å². The maximum absolute atomic E-state index is 5.07. The Morgan fingerprint density at radius 1 is 0.455 bits per heavy atom. The molecule has 0 unspecified atom stereocenters. The van der Waals surface area contributed by atoms with E-state index in [2.05, 4.69) is 150 Å². The van der Waals surface area contributed by atoms with Gasteiger partial charge < -0.3 is 4.57 Å². The van der Waals surface area contributed by atoms with E-state index in [1.54, 1.807) is 11.3 Å². The van der Waals surface area contributed by atoms with Crippen LogP contribution >= 0.6 is 11.3 Å². The topological polar surface area (TPSA) is 43.6 Å². The van der Waals surface area contributed by atoms with Gasteiger partial charge in [0.2, 0.25) is 0 Å². The van der Waals surface area contributed by atoms with Crippen LogP contribution in [0.25, 0.3) is 81.8 Å². The molecule has 0 spiro atoms. The van der Waals surface area contributed by atoms with Crippen LogP contribution in [0.5, 0.6) is 0 Å². The van der Waals surface area contributed by atoms with Gasteiger partial charge in [-0.15, -0.1) is 11.3 Å². The number of thiophene rings is 1. The molecule has 0 saturated carbocycles. The van der Waals surface area contributed by atoms with E-state index in [-0.39, 0.29) is 0 Å². The van der Waals surface area contributed by atoms with Crippen molar-refractivity contribution in [2.45, 2.75) is 0 Å². The van der Waals surface area contributed by atoms with E-state index in [9.17, 15) is 0 Å². The first kappa shape index (κ1) is 24.9. The highest BCUT2D eigenvalue weighted by Gasteiger charge is 2.17. The van der Waals surface area contributed by atoms with Gasteiger partial charge in [-0.05, 0) is 64.7 Å². The number of para-hydroxylation sites is 2. The van der Waals surface area contributed by atoms with Gasteiger partial charge in [0.15, 0.2) is 17.5 Å². The molecule has 0 aliphatic carbocycles. The summed E-state index contributed by atoms with van der Waals surface area (Å²) in [6, 6.07) is 51.0. The van der Waals surface area contributed by atoms with E-state index in [1.807, 2.05) is 0 Å². The van der Waals surface area contributed by atoms with E-state index >= 15 is 0 Å². The Bertz CT molecular complexity index is 2410. The Balaban J connectivity index is 1.22. The van der Waals surface area contributed by atoms with Gasteiger partial charge in [-0.3, -0.25) is 0 Å². The van der Waals surface area contributed by atoms with Crippen molar-refractivity contribution in [3.63, 3.8) is 0 Å². The third-order valence-electron chi connectivity index (χ3n) is 8.28. The molecule has 44 heavy (non-hydrogen) atoms. The zero-order chi connectivity index (χ0) is 29.0. The van der Waals surface area contributed by atoms with Crippen LogP contribution in [0, 0.1) is 0 Å². The molecule has 0 amide bonds. The highest BCUT2D eigenvalue weighted by atomic mass is 32.1. The van der Waals surface area contributed by atoms with Crippen molar-refractivity contribution in [2.24, 2.45) is 0 Å². The van der Waals surface area contributed by atoms with Crippen LogP contribution < -0.4 is 0 Å². The Morgan fingerprint density at radius 3 is 1.80 bits per heavy atom. The molecule has 3 heterocycles. The van der Waals surface area contributed by atoms with Crippen LogP contribution in [0.1, 0.15) is 0 Å². The number of hydrogen-bond donors (Lipinski definition) is 0. The van der Waals surface area contributed by atoms with Crippen molar-refractivity contribution in [3.05, 3.63) is 146 Å². The van der Waals surface area contributed by atoms with E-state index in [1.165, 1.54) is 31.9 Å². The standard InChI is InChI=1S/C39H24N4S/c1-3-13-29-25(10-1)12-9-16-32(29)38-40-37(41-39(42-38)36-24-27-11-2-8-19-35(27)44-36)26-20-22-28(23-21-26)43-33-17-6-4-14-30(33)31-15-5-7-18-34(31)43/h1-24H. The van der Waals surface area contributed by atoms with Crippen molar-refractivity contribution in [1.82, 2.24) is 19.5 Å². The first-order valence-electron chi connectivity index (χ1n) is 14.6. The molecule has 3 aromatic heterocycles. The summed E-state index contributed by atoms with van der Waals surface area (Å²) in [5.74, 6) is 2.01. The molecule has 5 heteroatoms. The number of rotatable bonds is 4. The van der Waals surface area contributed by atoms with Crippen molar-refractivity contribution >= 4 is 54.0 Å². The Kier molecular flexibility index (Phi) is 5.64. The molecule has 0 aliphatic heterocycles.